The SMILES string of the molecule is CO[C@H]1[C@H](O)[C@@H](CO)O[C@@H]1n1cnc2c(N)ncnc21. The van der Waals surface area contributed by atoms with Gasteiger partial charge >= 0.3 is 0 Å². The number of methoxy groups -OCH3 is 1. The second-order valence-corrected chi connectivity index (χ2v) is 4.52. The van der Waals surface area contributed by atoms with E-state index < -0.39 is 24.5 Å². The number of fused-ring (bicyclic) bond motifs is 1. The monoisotopic (exact) mass is 281 g/mol. The van der Waals surface area contributed by atoms with Crippen LogP contribution in [0.3, 0.4) is 0 Å². The molecule has 4 atom stereocenters. The molecule has 108 valence electrons. The summed E-state index contributed by atoms with van der Waals surface area (Å²) in [6.45, 7) is -0.304. The molecule has 3 rings (SSSR count). The minimum atomic E-state index is -0.938. The summed E-state index contributed by atoms with van der Waals surface area (Å²) in [5.41, 5.74) is 6.66. The zero-order valence-corrected chi connectivity index (χ0v) is 10.7. The number of imidazole rings is 1. The van der Waals surface area contributed by atoms with Crippen LogP contribution < -0.4 is 5.73 Å². The number of aromatic nitrogens is 4. The minimum absolute atomic E-state index is 0.264. The van der Waals surface area contributed by atoms with Gasteiger partial charge in [-0.05, 0) is 0 Å². The molecule has 20 heavy (non-hydrogen) atoms. The summed E-state index contributed by atoms with van der Waals surface area (Å²) in [5.74, 6) is 0.264. The predicted octanol–water partition coefficient (Wildman–Crippen LogP) is -1.33. The van der Waals surface area contributed by atoms with Crippen LogP contribution in [-0.2, 0) is 9.47 Å². The number of anilines is 1. The van der Waals surface area contributed by atoms with Crippen LogP contribution in [0.5, 0.6) is 0 Å². The molecule has 3 heterocycles. The Balaban J connectivity index is 2.04. The van der Waals surface area contributed by atoms with E-state index in [1.807, 2.05) is 0 Å². The molecule has 0 saturated carbocycles. The van der Waals surface area contributed by atoms with E-state index in [2.05, 4.69) is 15.0 Å². The topological polar surface area (TPSA) is 129 Å². The van der Waals surface area contributed by atoms with E-state index >= 15 is 0 Å². The first kappa shape index (κ1) is 13.2. The molecule has 0 aliphatic carbocycles. The number of nitrogens with two attached hydrogens (primary N) is 1. The van der Waals surface area contributed by atoms with Crippen molar-refractivity contribution >= 4 is 17.0 Å². The second-order valence-electron chi connectivity index (χ2n) is 4.52. The first-order valence-corrected chi connectivity index (χ1v) is 6.07. The Hall–Kier alpha value is -1.81. The third-order valence-corrected chi connectivity index (χ3v) is 3.43. The molecule has 1 fully saturated rings. The Labute approximate surface area is 114 Å². The molecule has 1 saturated heterocycles. The highest BCUT2D eigenvalue weighted by Crippen LogP contribution is 2.33. The molecule has 4 N–H and O–H groups in total. The number of rotatable bonds is 3. The largest absolute Gasteiger partial charge is 0.394 e. The Morgan fingerprint density at radius 1 is 1.45 bits per heavy atom. The molecule has 0 unspecified atom stereocenters. The normalized spacial score (nSPS) is 30.1. The first-order valence-electron chi connectivity index (χ1n) is 6.07. The lowest BCUT2D eigenvalue weighted by atomic mass is 10.1. The molecule has 9 heteroatoms. The van der Waals surface area contributed by atoms with Crippen molar-refractivity contribution in [3.8, 4) is 0 Å². The van der Waals surface area contributed by atoms with Crippen LogP contribution >= 0.6 is 0 Å². The Bertz CT molecular complexity index is 618. The summed E-state index contributed by atoms with van der Waals surface area (Å²) in [5, 5.41) is 19.3. The van der Waals surface area contributed by atoms with Gasteiger partial charge in [-0.25, -0.2) is 15.0 Å². The smallest absolute Gasteiger partial charge is 0.167 e. The van der Waals surface area contributed by atoms with Gasteiger partial charge in [0, 0.05) is 7.11 Å². The zero-order valence-electron chi connectivity index (χ0n) is 10.7. The van der Waals surface area contributed by atoms with E-state index in [1.165, 1.54) is 19.8 Å². The van der Waals surface area contributed by atoms with Crippen LogP contribution in [0.2, 0.25) is 0 Å². The van der Waals surface area contributed by atoms with E-state index in [1.54, 1.807) is 4.57 Å². The Morgan fingerprint density at radius 2 is 2.25 bits per heavy atom. The Kier molecular flexibility index (Phi) is 3.26. The maximum absolute atomic E-state index is 10.0. The molecule has 1 aliphatic heterocycles. The van der Waals surface area contributed by atoms with E-state index in [-0.39, 0.29) is 12.4 Å². The van der Waals surface area contributed by atoms with Crippen molar-refractivity contribution in [2.75, 3.05) is 19.5 Å². The van der Waals surface area contributed by atoms with Crippen molar-refractivity contribution < 1.29 is 19.7 Å². The maximum Gasteiger partial charge on any atom is 0.167 e. The van der Waals surface area contributed by atoms with Gasteiger partial charge in [0.1, 0.15) is 30.2 Å². The molecule has 0 radical (unpaired) electrons. The van der Waals surface area contributed by atoms with Gasteiger partial charge in [-0.1, -0.05) is 0 Å². The quantitative estimate of drug-likeness (QED) is 0.631. The molecule has 0 aromatic carbocycles. The third-order valence-electron chi connectivity index (χ3n) is 3.43. The summed E-state index contributed by atoms with van der Waals surface area (Å²) >= 11 is 0. The fourth-order valence-electron chi connectivity index (χ4n) is 2.40. The van der Waals surface area contributed by atoms with Gasteiger partial charge in [-0.15, -0.1) is 0 Å². The van der Waals surface area contributed by atoms with Gasteiger partial charge in [0.25, 0.3) is 0 Å². The first-order chi connectivity index (χ1) is 9.67. The molecule has 9 nitrogen and oxygen atoms in total. The lowest BCUT2D eigenvalue weighted by Gasteiger charge is -2.19. The number of aliphatic hydroxyl groups excluding tert-OH is 2. The summed E-state index contributed by atoms with van der Waals surface area (Å²) in [4.78, 5) is 12.1. The number of hydrogen-bond donors (Lipinski definition) is 3. The summed E-state index contributed by atoms with van der Waals surface area (Å²) < 4.78 is 12.5. The van der Waals surface area contributed by atoms with E-state index in [0.29, 0.717) is 11.2 Å². The van der Waals surface area contributed by atoms with Crippen molar-refractivity contribution in [2.24, 2.45) is 0 Å². The van der Waals surface area contributed by atoms with Gasteiger partial charge in [0.2, 0.25) is 0 Å². The Morgan fingerprint density at radius 3 is 2.95 bits per heavy atom. The second kappa shape index (κ2) is 4.94. The van der Waals surface area contributed by atoms with Crippen LogP contribution in [0.15, 0.2) is 12.7 Å². The average molecular weight is 281 g/mol. The highest BCUT2D eigenvalue weighted by molar-refractivity contribution is 5.81. The molecule has 2 aromatic rings. The molecular weight excluding hydrogens is 266 g/mol. The maximum atomic E-state index is 10.0. The van der Waals surface area contributed by atoms with Gasteiger partial charge < -0.3 is 25.4 Å². The highest BCUT2D eigenvalue weighted by atomic mass is 16.6. The zero-order chi connectivity index (χ0) is 14.3. The fraction of sp³-hybridized carbons (Fsp3) is 0.545. The van der Waals surface area contributed by atoms with Crippen molar-refractivity contribution in [3.63, 3.8) is 0 Å². The van der Waals surface area contributed by atoms with Crippen LogP contribution in [0.25, 0.3) is 11.2 Å². The average Bonchev–Trinajstić information content (AvgIpc) is 3.00. The standard InChI is InChI=1S/C11H15N5O4/c1-19-8-7(18)5(2-17)20-11(8)16-4-15-6-9(12)13-3-14-10(6)16/h3-5,7-8,11,17-18H,2H2,1H3,(H2,12,13,14)/t5-,7-,8+,11+/m1/s1. The van der Waals surface area contributed by atoms with E-state index in [9.17, 15) is 10.2 Å². The lowest BCUT2D eigenvalue weighted by Crippen LogP contribution is -2.34. The van der Waals surface area contributed by atoms with Gasteiger partial charge in [-0.3, -0.25) is 4.57 Å². The lowest BCUT2D eigenvalue weighted by molar-refractivity contribution is -0.0583. The molecule has 1 aliphatic rings. The van der Waals surface area contributed by atoms with Crippen molar-refractivity contribution in [1.29, 1.82) is 0 Å². The number of ether oxygens (including phenoxy) is 2. The number of aliphatic hydroxyl groups is 2. The summed E-state index contributed by atoms with van der Waals surface area (Å²) in [6.07, 6.45) is -0.119. The van der Waals surface area contributed by atoms with Crippen molar-refractivity contribution in [2.45, 2.75) is 24.5 Å². The van der Waals surface area contributed by atoms with Crippen molar-refractivity contribution in [1.82, 2.24) is 19.5 Å². The van der Waals surface area contributed by atoms with Crippen molar-refractivity contribution in [3.05, 3.63) is 12.7 Å². The van der Waals surface area contributed by atoms with E-state index in [0.717, 1.165) is 0 Å². The van der Waals surface area contributed by atoms with Crippen LogP contribution in [0.1, 0.15) is 6.23 Å². The van der Waals surface area contributed by atoms with E-state index in [4.69, 9.17) is 15.2 Å². The molecule has 2 aromatic heterocycles. The van der Waals surface area contributed by atoms with Crippen LogP contribution in [0, 0.1) is 0 Å². The molecule has 0 bridgehead atoms. The number of nitrogen functional groups attached to an aromatic ring is 1. The summed E-state index contributed by atoms with van der Waals surface area (Å²) in [6, 6.07) is 0. The molecule has 0 spiro atoms. The highest BCUT2D eigenvalue weighted by Gasteiger charge is 2.45. The minimum Gasteiger partial charge on any atom is -0.394 e. The number of hydrogen-bond acceptors (Lipinski definition) is 8. The van der Waals surface area contributed by atoms with Crippen LogP contribution in [-0.4, -0.2) is 61.8 Å². The van der Waals surface area contributed by atoms with Crippen LogP contribution in [0.4, 0.5) is 5.82 Å². The number of nitrogens with zero attached hydrogens (tertiary/aromatic N) is 4. The van der Waals surface area contributed by atoms with Gasteiger partial charge in [0.05, 0.1) is 12.9 Å². The predicted molar refractivity (Wildman–Crippen MR) is 67.5 cm³/mol. The fourth-order valence-corrected chi connectivity index (χ4v) is 2.40. The van der Waals surface area contributed by atoms with Gasteiger partial charge in [-0.2, -0.15) is 0 Å². The molecular formula is C11H15N5O4. The third kappa shape index (κ3) is 1.83. The molecule has 0 amide bonds. The van der Waals surface area contributed by atoms with Gasteiger partial charge in [0.15, 0.2) is 17.7 Å². The summed E-state index contributed by atoms with van der Waals surface area (Å²) in [7, 11) is 1.46.